The number of hydrogen-bond donors (Lipinski definition) is 1. The maximum atomic E-state index is 12.9. The Morgan fingerprint density at radius 2 is 2.00 bits per heavy atom. The van der Waals surface area contributed by atoms with Crippen LogP contribution in [0.25, 0.3) is 5.65 Å². The SMILES string of the molecule is Cc1ccc(S(=O)(=O)N(C)CC(=O)O[C@@H]2CCCC[C@]2(C(N)=S)c2ccc3nccn3c2)cc1. The third-order valence-corrected chi connectivity index (χ3v) is 8.72. The predicted molar refractivity (Wildman–Crippen MR) is 133 cm³/mol. The van der Waals surface area contributed by atoms with E-state index in [2.05, 4.69) is 4.98 Å². The maximum absolute atomic E-state index is 12.9. The molecule has 4 rings (SSSR count). The summed E-state index contributed by atoms with van der Waals surface area (Å²) in [7, 11) is -2.47. The molecule has 0 amide bonds. The van der Waals surface area contributed by atoms with Crippen LogP contribution in [0, 0.1) is 6.92 Å². The quantitative estimate of drug-likeness (QED) is 0.393. The summed E-state index contributed by atoms with van der Waals surface area (Å²) in [6.45, 7) is 1.46. The number of esters is 1. The van der Waals surface area contributed by atoms with Crippen molar-refractivity contribution < 1.29 is 17.9 Å². The Kier molecular flexibility index (Phi) is 6.75. The molecule has 2 N–H and O–H groups in total. The molecule has 1 aromatic carbocycles. The van der Waals surface area contributed by atoms with Gasteiger partial charge in [0.15, 0.2) is 0 Å². The topological polar surface area (TPSA) is 107 Å². The number of thiocarbonyl (C=S) groups is 1. The number of carbonyl (C=O) groups is 1. The highest BCUT2D eigenvalue weighted by Gasteiger charge is 2.47. The lowest BCUT2D eigenvalue weighted by Gasteiger charge is -2.43. The van der Waals surface area contributed by atoms with E-state index in [-0.39, 0.29) is 9.88 Å². The van der Waals surface area contributed by atoms with Gasteiger partial charge in [-0.3, -0.25) is 4.79 Å². The molecule has 0 radical (unpaired) electrons. The summed E-state index contributed by atoms with van der Waals surface area (Å²) >= 11 is 5.52. The Morgan fingerprint density at radius 1 is 1.26 bits per heavy atom. The number of hydrogen-bond acceptors (Lipinski definition) is 6. The van der Waals surface area contributed by atoms with Crippen LogP contribution in [-0.2, 0) is 25.0 Å². The molecule has 1 fully saturated rings. The van der Waals surface area contributed by atoms with Crippen molar-refractivity contribution >= 4 is 38.8 Å². The van der Waals surface area contributed by atoms with Crippen molar-refractivity contribution in [3.63, 3.8) is 0 Å². The van der Waals surface area contributed by atoms with Crippen LogP contribution in [0.2, 0.25) is 0 Å². The van der Waals surface area contributed by atoms with E-state index in [4.69, 9.17) is 22.7 Å². The van der Waals surface area contributed by atoms with Crippen LogP contribution in [0.4, 0.5) is 0 Å². The molecule has 0 aliphatic heterocycles. The van der Waals surface area contributed by atoms with Gasteiger partial charge in [-0.1, -0.05) is 42.4 Å². The average Bonchev–Trinajstić information content (AvgIpc) is 3.27. The van der Waals surface area contributed by atoms with Crippen LogP contribution in [0.3, 0.4) is 0 Å². The van der Waals surface area contributed by atoms with Crippen LogP contribution in [0.1, 0.15) is 36.8 Å². The van der Waals surface area contributed by atoms with Crippen molar-refractivity contribution in [3.8, 4) is 0 Å². The molecular formula is C24H28N4O4S2. The molecule has 8 nitrogen and oxygen atoms in total. The summed E-state index contributed by atoms with van der Waals surface area (Å²) in [5.41, 5.74) is 8.03. The van der Waals surface area contributed by atoms with Gasteiger partial charge in [-0.05, 0) is 49.9 Å². The zero-order valence-electron chi connectivity index (χ0n) is 19.2. The van der Waals surface area contributed by atoms with E-state index in [1.165, 1.54) is 19.2 Å². The summed E-state index contributed by atoms with van der Waals surface area (Å²) in [5, 5.41) is 0. The third kappa shape index (κ3) is 4.45. The van der Waals surface area contributed by atoms with E-state index < -0.39 is 34.1 Å². The van der Waals surface area contributed by atoms with Crippen molar-refractivity contribution in [2.45, 2.75) is 49.0 Å². The molecule has 3 aromatic rings. The summed E-state index contributed by atoms with van der Waals surface area (Å²) in [6, 6.07) is 10.3. The zero-order valence-corrected chi connectivity index (χ0v) is 20.8. The fraction of sp³-hybridized carbons (Fsp3) is 0.375. The van der Waals surface area contributed by atoms with Crippen molar-refractivity contribution in [1.29, 1.82) is 0 Å². The second-order valence-electron chi connectivity index (χ2n) is 8.74. The lowest BCUT2D eigenvalue weighted by Crippen LogP contribution is -2.53. The van der Waals surface area contributed by atoms with E-state index in [9.17, 15) is 13.2 Å². The van der Waals surface area contributed by atoms with Gasteiger partial charge in [0.1, 0.15) is 18.3 Å². The molecule has 2 aromatic heterocycles. The van der Waals surface area contributed by atoms with E-state index >= 15 is 0 Å². The van der Waals surface area contributed by atoms with Crippen LogP contribution in [0.15, 0.2) is 59.9 Å². The number of pyridine rings is 1. The molecule has 1 saturated carbocycles. The first kappa shape index (κ1) is 24.3. The highest BCUT2D eigenvalue weighted by Crippen LogP contribution is 2.42. The van der Waals surface area contributed by atoms with Crippen molar-refractivity contribution in [2.24, 2.45) is 5.73 Å². The second-order valence-corrected chi connectivity index (χ2v) is 11.2. The Bertz CT molecular complexity index is 1320. The highest BCUT2D eigenvalue weighted by atomic mass is 32.2. The molecule has 2 heterocycles. The zero-order chi connectivity index (χ0) is 24.5. The Hall–Kier alpha value is -2.82. The number of fused-ring (bicyclic) bond motifs is 1. The molecule has 34 heavy (non-hydrogen) atoms. The maximum Gasteiger partial charge on any atom is 0.321 e. The predicted octanol–water partition coefficient (Wildman–Crippen LogP) is 2.97. The van der Waals surface area contributed by atoms with E-state index in [1.807, 2.05) is 35.9 Å². The lowest BCUT2D eigenvalue weighted by molar-refractivity contribution is -0.153. The number of aryl methyl sites for hydroxylation is 1. The van der Waals surface area contributed by atoms with Crippen LogP contribution < -0.4 is 5.73 Å². The number of ether oxygens (including phenoxy) is 1. The first-order chi connectivity index (χ1) is 16.1. The number of rotatable bonds is 7. The van der Waals surface area contributed by atoms with Crippen LogP contribution >= 0.6 is 12.2 Å². The fourth-order valence-electron chi connectivity index (χ4n) is 4.59. The van der Waals surface area contributed by atoms with Gasteiger partial charge in [0.05, 0.1) is 15.3 Å². The van der Waals surface area contributed by atoms with Gasteiger partial charge in [-0.2, -0.15) is 4.31 Å². The molecular weight excluding hydrogens is 472 g/mol. The molecule has 2 atom stereocenters. The van der Waals surface area contributed by atoms with Gasteiger partial charge in [-0.15, -0.1) is 0 Å². The van der Waals surface area contributed by atoms with Gasteiger partial charge < -0.3 is 14.9 Å². The monoisotopic (exact) mass is 500 g/mol. The molecule has 1 aliphatic carbocycles. The van der Waals surface area contributed by atoms with Gasteiger partial charge in [0.25, 0.3) is 0 Å². The molecule has 0 spiro atoms. The summed E-state index contributed by atoms with van der Waals surface area (Å²) in [4.78, 5) is 17.6. The van der Waals surface area contributed by atoms with Gasteiger partial charge in [0, 0.05) is 25.6 Å². The molecule has 1 aliphatic rings. The number of aromatic nitrogens is 2. The minimum Gasteiger partial charge on any atom is -0.460 e. The fourth-order valence-corrected chi connectivity index (χ4v) is 6.06. The van der Waals surface area contributed by atoms with E-state index in [0.29, 0.717) is 12.8 Å². The average molecular weight is 501 g/mol. The lowest BCUT2D eigenvalue weighted by atomic mass is 9.67. The number of nitrogens with zero attached hydrogens (tertiary/aromatic N) is 3. The number of imidazole rings is 1. The highest BCUT2D eigenvalue weighted by molar-refractivity contribution is 7.89. The van der Waals surface area contributed by atoms with Gasteiger partial charge in [0.2, 0.25) is 10.0 Å². The van der Waals surface area contributed by atoms with E-state index in [1.54, 1.807) is 18.3 Å². The summed E-state index contributed by atoms with van der Waals surface area (Å²) in [6.07, 6.45) is 7.82. The van der Waals surface area contributed by atoms with Gasteiger partial charge in [-0.25, -0.2) is 13.4 Å². The van der Waals surface area contributed by atoms with E-state index in [0.717, 1.165) is 33.9 Å². The summed E-state index contributed by atoms with van der Waals surface area (Å²) < 4.78 is 34.6. The van der Waals surface area contributed by atoms with Crippen molar-refractivity contribution in [1.82, 2.24) is 13.7 Å². The minimum absolute atomic E-state index is 0.122. The largest absolute Gasteiger partial charge is 0.460 e. The normalized spacial score (nSPS) is 21.0. The van der Waals surface area contributed by atoms with Crippen LogP contribution in [-0.4, -0.2) is 52.8 Å². The van der Waals surface area contributed by atoms with Crippen LogP contribution in [0.5, 0.6) is 0 Å². The van der Waals surface area contributed by atoms with Gasteiger partial charge >= 0.3 is 5.97 Å². The standard InChI is InChI=1S/C24H28N4O4S2/c1-17-6-9-19(10-7-17)34(30,31)27(2)16-22(29)32-20-5-3-4-12-24(20,23(25)33)18-8-11-21-26-13-14-28(21)15-18/h6-11,13-15,20H,3-5,12,16H2,1-2H3,(H2,25,33)/t20-,24+/m1/s1. The van der Waals surface area contributed by atoms with Crippen molar-refractivity contribution in [2.75, 3.05) is 13.6 Å². The minimum atomic E-state index is -3.84. The first-order valence-corrected chi connectivity index (χ1v) is 12.9. The molecule has 0 unspecified atom stereocenters. The molecule has 0 bridgehead atoms. The Labute approximate surface area is 204 Å². The molecule has 10 heteroatoms. The number of sulfonamides is 1. The van der Waals surface area contributed by atoms with Crippen molar-refractivity contribution in [3.05, 3.63) is 66.1 Å². The molecule has 0 saturated heterocycles. The third-order valence-electron chi connectivity index (χ3n) is 6.54. The first-order valence-electron chi connectivity index (χ1n) is 11.1. The second kappa shape index (κ2) is 9.44. The Morgan fingerprint density at radius 3 is 2.71 bits per heavy atom. The number of benzene rings is 1. The summed E-state index contributed by atoms with van der Waals surface area (Å²) in [5.74, 6) is -0.644. The Balaban J connectivity index is 1.57. The number of likely N-dealkylation sites (N-methyl/N-ethyl adjacent to an activating group) is 1. The molecule has 180 valence electrons. The number of nitrogens with two attached hydrogens (primary N) is 1. The number of carbonyl (C=O) groups excluding carboxylic acids is 1. The smallest absolute Gasteiger partial charge is 0.321 e.